The summed E-state index contributed by atoms with van der Waals surface area (Å²) >= 11 is 0. The first-order valence-electron chi connectivity index (χ1n) is 6.34. The van der Waals surface area contributed by atoms with Gasteiger partial charge < -0.3 is 9.47 Å². The lowest BCUT2D eigenvalue weighted by Gasteiger charge is -2.08. The van der Waals surface area contributed by atoms with Crippen LogP contribution >= 0.6 is 0 Å². The Morgan fingerprint density at radius 3 is 2.68 bits per heavy atom. The Labute approximate surface area is 114 Å². The lowest BCUT2D eigenvalue weighted by atomic mass is 10.2. The van der Waals surface area contributed by atoms with Crippen LogP contribution in [0, 0.1) is 0 Å². The molecule has 1 aromatic carbocycles. The SMILES string of the molecule is CC=Cc1ccccc1OCC=C(CC)C(=O)OC. The number of allylic oxidation sites excluding steroid dienone is 1. The monoisotopic (exact) mass is 260 g/mol. The van der Waals surface area contributed by atoms with Crippen molar-refractivity contribution < 1.29 is 14.3 Å². The second kappa shape index (κ2) is 8.14. The molecule has 0 saturated heterocycles. The van der Waals surface area contributed by atoms with Crippen LogP contribution < -0.4 is 4.74 Å². The first-order chi connectivity index (χ1) is 9.22. The summed E-state index contributed by atoms with van der Waals surface area (Å²) in [5.74, 6) is 0.505. The average Bonchev–Trinajstić information content (AvgIpc) is 2.45. The molecule has 0 aliphatic carbocycles. The van der Waals surface area contributed by atoms with Gasteiger partial charge in [-0.05, 0) is 25.5 Å². The van der Waals surface area contributed by atoms with Gasteiger partial charge in [-0.1, -0.05) is 37.3 Å². The predicted octanol–water partition coefficient (Wildman–Crippen LogP) is 3.61. The van der Waals surface area contributed by atoms with Crippen molar-refractivity contribution in [2.75, 3.05) is 13.7 Å². The Balaban J connectivity index is 2.71. The third-order valence-corrected chi connectivity index (χ3v) is 2.66. The maximum absolute atomic E-state index is 11.4. The normalized spacial score (nSPS) is 11.6. The Kier molecular flexibility index (Phi) is 6.44. The van der Waals surface area contributed by atoms with Crippen molar-refractivity contribution in [1.29, 1.82) is 0 Å². The lowest BCUT2D eigenvalue weighted by Crippen LogP contribution is -2.06. The summed E-state index contributed by atoms with van der Waals surface area (Å²) in [5, 5.41) is 0. The van der Waals surface area contributed by atoms with E-state index in [1.165, 1.54) is 7.11 Å². The molecule has 1 rings (SSSR count). The van der Waals surface area contributed by atoms with Gasteiger partial charge >= 0.3 is 5.97 Å². The highest BCUT2D eigenvalue weighted by atomic mass is 16.5. The quantitative estimate of drug-likeness (QED) is 0.579. The second-order valence-electron chi connectivity index (χ2n) is 3.92. The molecule has 0 unspecified atom stereocenters. The molecule has 102 valence electrons. The second-order valence-corrected chi connectivity index (χ2v) is 3.92. The molecular formula is C16H20O3. The number of carbonyl (C=O) groups excluding carboxylic acids is 1. The van der Waals surface area contributed by atoms with E-state index in [-0.39, 0.29) is 5.97 Å². The molecule has 0 saturated carbocycles. The first kappa shape index (κ1) is 15.0. The summed E-state index contributed by atoms with van der Waals surface area (Å²) in [4.78, 5) is 11.4. The summed E-state index contributed by atoms with van der Waals surface area (Å²) in [6.07, 6.45) is 6.34. The number of benzene rings is 1. The number of methoxy groups -OCH3 is 1. The molecule has 0 bridgehead atoms. The third-order valence-electron chi connectivity index (χ3n) is 2.66. The van der Waals surface area contributed by atoms with Gasteiger partial charge in [-0.3, -0.25) is 0 Å². The van der Waals surface area contributed by atoms with E-state index in [1.54, 1.807) is 6.08 Å². The van der Waals surface area contributed by atoms with E-state index < -0.39 is 0 Å². The number of esters is 1. The summed E-state index contributed by atoms with van der Waals surface area (Å²) in [6.45, 7) is 4.23. The number of hydrogen-bond acceptors (Lipinski definition) is 3. The van der Waals surface area contributed by atoms with Crippen LogP contribution in [0.1, 0.15) is 25.8 Å². The first-order valence-corrected chi connectivity index (χ1v) is 6.34. The molecule has 1 aromatic rings. The summed E-state index contributed by atoms with van der Waals surface area (Å²) < 4.78 is 10.4. The molecule has 0 N–H and O–H groups in total. The molecule has 0 fully saturated rings. The predicted molar refractivity (Wildman–Crippen MR) is 77.0 cm³/mol. The van der Waals surface area contributed by atoms with Crippen LogP contribution in [0.3, 0.4) is 0 Å². The largest absolute Gasteiger partial charge is 0.489 e. The van der Waals surface area contributed by atoms with Crippen molar-refractivity contribution in [3.05, 3.63) is 47.6 Å². The van der Waals surface area contributed by atoms with Crippen molar-refractivity contribution in [2.24, 2.45) is 0 Å². The van der Waals surface area contributed by atoms with E-state index in [2.05, 4.69) is 0 Å². The van der Waals surface area contributed by atoms with Gasteiger partial charge in [0.15, 0.2) is 0 Å². The van der Waals surface area contributed by atoms with Crippen molar-refractivity contribution >= 4 is 12.0 Å². The van der Waals surface area contributed by atoms with Gasteiger partial charge in [-0.2, -0.15) is 0 Å². The maximum Gasteiger partial charge on any atom is 0.333 e. The van der Waals surface area contributed by atoms with Gasteiger partial charge in [0.05, 0.1) is 7.11 Å². The van der Waals surface area contributed by atoms with Gasteiger partial charge in [0, 0.05) is 11.1 Å². The molecule has 3 heteroatoms. The van der Waals surface area contributed by atoms with Crippen LogP contribution in [0.5, 0.6) is 5.75 Å². The minimum absolute atomic E-state index is 0.298. The average molecular weight is 260 g/mol. The van der Waals surface area contributed by atoms with Crippen LogP contribution in [0.2, 0.25) is 0 Å². The van der Waals surface area contributed by atoms with Crippen LogP contribution in [-0.2, 0) is 9.53 Å². The molecule has 0 radical (unpaired) electrons. The summed E-state index contributed by atoms with van der Waals surface area (Å²) in [5.41, 5.74) is 1.65. The van der Waals surface area contributed by atoms with E-state index in [9.17, 15) is 4.79 Å². The summed E-state index contributed by atoms with van der Waals surface area (Å²) in [6, 6.07) is 7.78. The molecule has 0 amide bonds. The Morgan fingerprint density at radius 1 is 1.32 bits per heavy atom. The van der Waals surface area contributed by atoms with Gasteiger partial charge in [0.25, 0.3) is 0 Å². The van der Waals surface area contributed by atoms with Crippen LogP contribution in [0.15, 0.2) is 42.0 Å². The highest BCUT2D eigenvalue weighted by Gasteiger charge is 2.06. The van der Waals surface area contributed by atoms with Gasteiger partial charge in [-0.15, -0.1) is 0 Å². The minimum atomic E-state index is -0.298. The van der Waals surface area contributed by atoms with Gasteiger partial charge in [-0.25, -0.2) is 4.79 Å². The van der Waals surface area contributed by atoms with Crippen molar-refractivity contribution in [1.82, 2.24) is 0 Å². The molecule has 3 nitrogen and oxygen atoms in total. The summed E-state index contributed by atoms with van der Waals surface area (Å²) in [7, 11) is 1.38. The number of carbonyl (C=O) groups is 1. The van der Waals surface area contributed by atoms with Crippen LogP contribution in [-0.4, -0.2) is 19.7 Å². The number of rotatable bonds is 6. The van der Waals surface area contributed by atoms with E-state index >= 15 is 0 Å². The molecule has 0 aliphatic heterocycles. The fourth-order valence-electron chi connectivity index (χ4n) is 1.66. The van der Waals surface area contributed by atoms with Crippen LogP contribution in [0.4, 0.5) is 0 Å². The molecule has 19 heavy (non-hydrogen) atoms. The molecular weight excluding hydrogens is 240 g/mol. The fourth-order valence-corrected chi connectivity index (χ4v) is 1.66. The zero-order valence-electron chi connectivity index (χ0n) is 11.7. The number of ether oxygens (including phenoxy) is 2. The Bertz CT molecular complexity index is 473. The molecule has 0 aromatic heterocycles. The van der Waals surface area contributed by atoms with E-state index in [0.29, 0.717) is 18.6 Å². The lowest BCUT2D eigenvalue weighted by molar-refractivity contribution is -0.136. The molecule has 0 atom stereocenters. The molecule has 0 aliphatic rings. The van der Waals surface area contributed by atoms with E-state index in [1.807, 2.05) is 50.3 Å². The molecule has 0 spiro atoms. The third kappa shape index (κ3) is 4.62. The molecule has 0 heterocycles. The highest BCUT2D eigenvalue weighted by molar-refractivity contribution is 5.88. The minimum Gasteiger partial charge on any atom is -0.489 e. The number of para-hydroxylation sites is 1. The zero-order chi connectivity index (χ0) is 14.1. The fraction of sp³-hybridized carbons (Fsp3) is 0.312. The Morgan fingerprint density at radius 2 is 2.05 bits per heavy atom. The topological polar surface area (TPSA) is 35.5 Å². The van der Waals surface area contributed by atoms with Gasteiger partial charge in [0.2, 0.25) is 0 Å². The van der Waals surface area contributed by atoms with Crippen LogP contribution in [0.25, 0.3) is 6.08 Å². The standard InChI is InChI=1S/C16H20O3/c1-4-8-14-9-6-7-10-15(14)19-12-11-13(5-2)16(17)18-3/h4,6-11H,5,12H2,1-3H3. The number of hydrogen-bond donors (Lipinski definition) is 0. The maximum atomic E-state index is 11.4. The van der Waals surface area contributed by atoms with Crippen molar-refractivity contribution in [2.45, 2.75) is 20.3 Å². The van der Waals surface area contributed by atoms with Gasteiger partial charge in [0.1, 0.15) is 12.4 Å². The van der Waals surface area contributed by atoms with Crippen molar-refractivity contribution in [3.63, 3.8) is 0 Å². The van der Waals surface area contributed by atoms with E-state index in [4.69, 9.17) is 9.47 Å². The highest BCUT2D eigenvalue weighted by Crippen LogP contribution is 2.19. The Hall–Kier alpha value is -2.03. The zero-order valence-corrected chi connectivity index (χ0v) is 11.7. The smallest absolute Gasteiger partial charge is 0.333 e. The van der Waals surface area contributed by atoms with Crippen molar-refractivity contribution in [3.8, 4) is 5.75 Å². The van der Waals surface area contributed by atoms with E-state index in [0.717, 1.165) is 11.3 Å².